The van der Waals surface area contributed by atoms with Crippen molar-refractivity contribution in [3.63, 3.8) is 0 Å². The lowest BCUT2D eigenvalue weighted by atomic mass is 10.1. The largest absolute Gasteiger partial charge is 0.460 e. The van der Waals surface area contributed by atoms with E-state index in [2.05, 4.69) is 5.16 Å². The number of hydrogen-bond donors (Lipinski definition) is 0. The Morgan fingerprint density at radius 3 is 2.19 bits per heavy atom. The highest BCUT2D eigenvalue weighted by molar-refractivity contribution is 6.21. The van der Waals surface area contributed by atoms with Crippen LogP contribution >= 0.6 is 11.6 Å². The van der Waals surface area contributed by atoms with Crippen LogP contribution in [0.5, 0.6) is 0 Å². The number of rotatable bonds is 12. The zero-order valence-electron chi connectivity index (χ0n) is 17.2. The fraction of sp³-hybridized carbons (Fsp3) is 0.348. The minimum absolute atomic E-state index is 0.237. The van der Waals surface area contributed by atoms with E-state index in [4.69, 9.17) is 25.9 Å². The minimum atomic E-state index is -1.87. The van der Waals surface area contributed by atoms with Gasteiger partial charge in [-0.05, 0) is 30.7 Å². The highest BCUT2D eigenvalue weighted by Gasteiger charge is 2.33. The van der Waals surface area contributed by atoms with Crippen LogP contribution in [0.25, 0.3) is 0 Å². The number of benzene rings is 2. The molecule has 8 heteroatoms. The molecule has 0 spiro atoms. The van der Waals surface area contributed by atoms with Crippen molar-refractivity contribution in [2.45, 2.75) is 37.4 Å². The predicted octanol–water partition coefficient (Wildman–Crippen LogP) is 4.82. The average molecular weight is 450 g/mol. The predicted molar refractivity (Wildman–Crippen MR) is 116 cm³/mol. The van der Waals surface area contributed by atoms with E-state index in [1.807, 2.05) is 6.92 Å². The number of unbranched alkanes of at least 4 members (excludes halogenated alkanes) is 1. The van der Waals surface area contributed by atoms with E-state index in [-0.39, 0.29) is 12.2 Å². The molecule has 31 heavy (non-hydrogen) atoms. The first kappa shape index (κ1) is 24.3. The summed E-state index contributed by atoms with van der Waals surface area (Å²) in [5.74, 6) is -1.38. The molecule has 2 aromatic carbocycles. The standard InChI is InChI=1S/C23H25ClFNO5/c1-2-3-14-30-26-15-20(25)21(31-23(28)18-12-8-5-9-13-18)19(24)16-29-22(27)17-10-6-4-7-11-17/h4-13,15,19-21H,2-3,14,16H2,1H3/t19-,20+,21+/m0/s1. The van der Waals surface area contributed by atoms with Gasteiger partial charge in [0.05, 0.1) is 17.3 Å². The molecule has 0 radical (unpaired) electrons. The normalized spacial score (nSPS) is 13.9. The molecule has 0 aliphatic carbocycles. The number of carbonyl (C=O) groups excluding carboxylic acids is 2. The van der Waals surface area contributed by atoms with Gasteiger partial charge in [-0.15, -0.1) is 11.6 Å². The van der Waals surface area contributed by atoms with Crippen LogP contribution in [0.4, 0.5) is 4.39 Å². The highest BCUT2D eigenvalue weighted by atomic mass is 35.5. The van der Waals surface area contributed by atoms with E-state index in [0.29, 0.717) is 12.2 Å². The van der Waals surface area contributed by atoms with Crippen molar-refractivity contribution in [1.82, 2.24) is 0 Å². The summed E-state index contributed by atoms with van der Waals surface area (Å²) in [6.45, 7) is 1.96. The summed E-state index contributed by atoms with van der Waals surface area (Å²) in [7, 11) is 0. The van der Waals surface area contributed by atoms with Gasteiger partial charge in [0.1, 0.15) is 18.6 Å². The van der Waals surface area contributed by atoms with Crippen LogP contribution in [0, 0.1) is 0 Å². The summed E-state index contributed by atoms with van der Waals surface area (Å²) >= 11 is 6.27. The van der Waals surface area contributed by atoms with Gasteiger partial charge in [-0.25, -0.2) is 14.0 Å². The fourth-order valence-corrected chi connectivity index (χ4v) is 2.71. The first-order valence-corrected chi connectivity index (χ1v) is 10.4. The summed E-state index contributed by atoms with van der Waals surface area (Å²) < 4.78 is 25.3. The second-order valence-corrected chi connectivity index (χ2v) is 7.16. The molecule has 0 aliphatic heterocycles. The minimum Gasteiger partial charge on any atom is -0.460 e. The number of hydrogen-bond acceptors (Lipinski definition) is 6. The zero-order chi connectivity index (χ0) is 22.5. The summed E-state index contributed by atoms with van der Waals surface area (Å²) in [6.07, 6.45) is -0.757. The summed E-state index contributed by atoms with van der Waals surface area (Å²) in [5.41, 5.74) is 0.563. The molecule has 0 saturated heterocycles. The second-order valence-electron chi connectivity index (χ2n) is 6.60. The van der Waals surface area contributed by atoms with Crippen molar-refractivity contribution < 1.29 is 28.3 Å². The zero-order valence-corrected chi connectivity index (χ0v) is 17.9. The maximum Gasteiger partial charge on any atom is 0.338 e. The van der Waals surface area contributed by atoms with Crippen LogP contribution in [0.2, 0.25) is 0 Å². The third-order valence-corrected chi connectivity index (χ3v) is 4.55. The van der Waals surface area contributed by atoms with Gasteiger partial charge in [0, 0.05) is 0 Å². The Balaban J connectivity index is 2.04. The number of carbonyl (C=O) groups is 2. The molecule has 0 aromatic heterocycles. The Morgan fingerprint density at radius 2 is 1.61 bits per heavy atom. The Morgan fingerprint density at radius 1 is 1.03 bits per heavy atom. The van der Waals surface area contributed by atoms with E-state index >= 15 is 0 Å². The summed E-state index contributed by atoms with van der Waals surface area (Å²) in [4.78, 5) is 29.5. The maximum atomic E-state index is 14.8. The molecule has 0 heterocycles. The fourth-order valence-electron chi connectivity index (χ4n) is 2.46. The lowest BCUT2D eigenvalue weighted by Gasteiger charge is -2.23. The molecule has 0 unspecified atom stereocenters. The quantitative estimate of drug-likeness (QED) is 0.153. The van der Waals surface area contributed by atoms with E-state index in [1.165, 1.54) is 12.1 Å². The van der Waals surface area contributed by atoms with Crippen LogP contribution in [-0.2, 0) is 14.3 Å². The molecule has 0 N–H and O–H groups in total. The third-order valence-electron chi connectivity index (χ3n) is 4.17. The lowest BCUT2D eigenvalue weighted by Crippen LogP contribution is -2.40. The topological polar surface area (TPSA) is 74.2 Å². The van der Waals surface area contributed by atoms with Crippen molar-refractivity contribution >= 4 is 29.8 Å². The van der Waals surface area contributed by atoms with Crippen molar-refractivity contribution in [3.05, 3.63) is 71.8 Å². The van der Waals surface area contributed by atoms with Crippen molar-refractivity contribution in [1.29, 1.82) is 0 Å². The average Bonchev–Trinajstić information content (AvgIpc) is 2.81. The van der Waals surface area contributed by atoms with Crippen LogP contribution in [0.15, 0.2) is 65.8 Å². The number of alkyl halides is 2. The van der Waals surface area contributed by atoms with Crippen LogP contribution in [0.3, 0.4) is 0 Å². The Hall–Kier alpha value is -2.93. The number of oxime groups is 1. The number of nitrogens with zero attached hydrogens (tertiary/aromatic N) is 1. The molecule has 0 amide bonds. The van der Waals surface area contributed by atoms with Crippen molar-refractivity contribution in [3.8, 4) is 0 Å². The molecule has 2 rings (SSSR count). The number of ether oxygens (including phenoxy) is 2. The smallest absolute Gasteiger partial charge is 0.338 e. The Kier molecular flexibility index (Phi) is 10.5. The van der Waals surface area contributed by atoms with Gasteiger partial charge in [-0.2, -0.15) is 0 Å². The lowest BCUT2D eigenvalue weighted by molar-refractivity contribution is 0.00657. The molecular formula is C23H25ClFNO5. The van der Waals surface area contributed by atoms with Crippen LogP contribution in [-0.4, -0.2) is 49.0 Å². The highest BCUT2D eigenvalue weighted by Crippen LogP contribution is 2.17. The van der Waals surface area contributed by atoms with Crippen molar-refractivity contribution in [2.24, 2.45) is 5.16 Å². The molecule has 0 aliphatic rings. The van der Waals surface area contributed by atoms with E-state index in [9.17, 15) is 14.0 Å². The number of halogens is 2. The molecule has 2 aromatic rings. The van der Waals surface area contributed by atoms with E-state index < -0.39 is 29.6 Å². The third kappa shape index (κ3) is 8.38. The monoisotopic (exact) mass is 449 g/mol. The van der Waals surface area contributed by atoms with Crippen LogP contribution in [0.1, 0.15) is 40.5 Å². The van der Waals surface area contributed by atoms with Gasteiger partial charge >= 0.3 is 11.9 Å². The SMILES string of the molecule is CCCCON=C[C@@H](F)[C@H](OC(=O)c1ccccc1)[C@@H](Cl)COC(=O)c1ccccc1. The van der Waals surface area contributed by atoms with Crippen molar-refractivity contribution in [2.75, 3.05) is 13.2 Å². The number of esters is 2. The van der Waals surface area contributed by atoms with Crippen LogP contribution < -0.4 is 0 Å². The maximum absolute atomic E-state index is 14.8. The van der Waals surface area contributed by atoms with Gasteiger partial charge in [0.2, 0.25) is 0 Å². The molecule has 0 saturated carbocycles. The first-order chi connectivity index (χ1) is 15.0. The summed E-state index contributed by atoms with van der Waals surface area (Å²) in [5, 5.41) is 2.42. The first-order valence-electron chi connectivity index (χ1n) is 9.94. The Bertz CT molecular complexity index is 834. The van der Waals surface area contributed by atoms with E-state index in [0.717, 1.165) is 19.1 Å². The summed E-state index contributed by atoms with van der Waals surface area (Å²) in [6, 6.07) is 16.4. The second kappa shape index (κ2) is 13.4. The van der Waals surface area contributed by atoms with E-state index in [1.54, 1.807) is 48.5 Å². The van der Waals surface area contributed by atoms with Gasteiger partial charge in [-0.1, -0.05) is 54.9 Å². The molecule has 166 valence electrons. The molecule has 0 fully saturated rings. The van der Waals surface area contributed by atoms with Gasteiger partial charge in [0.25, 0.3) is 0 Å². The molecular weight excluding hydrogens is 425 g/mol. The molecule has 0 bridgehead atoms. The Labute approximate surface area is 185 Å². The van der Waals surface area contributed by atoms with Gasteiger partial charge < -0.3 is 14.3 Å². The molecule has 3 atom stereocenters. The van der Waals surface area contributed by atoms with Gasteiger partial charge in [0.15, 0.2) is 12.3 Å². The van der Waals surface area contributed by atoms with Gasteiger partial charge in [-0.3, -0.25) is 0 Å². The molecule has 6 nitrogen and oxygen atoms in total.